The maximum Gasteiger partial charge on any atom is 0.272 e. The number of aromatic amines is 1. The number of ether oxygens (including phenoxy) is 1. The maximum atomic E-state index is 13.8. The van der Waals surface area contributed by atoms with Crippen molar-refractivity contribution in [3.8, 4) is 22.1 Å². The Kier molecular flexibility index (Phi) is 9.81. The number of carbonyl (C=O) groups is 2. The van der Waals surface area contributed by atoms with E-state index in [-0.39, 0.29) is 30.0 Å². The lowest BCUT2D eigenvalue weighted by Crippen LogP contribution is -2.45. The summed E-state index contributed by atoms with van der Waals surface area (Å²) in [4.78, 5) is 49.0. The Morgan fingerprint density at radius 2 is 1.98 bits per heavy atom. The van der Waals surface area contributed by atoms with Crippen LogP contribution < -0.4 is 15.6 Å². The second kappa shape index (κ2) is 14.4. The van der Waals surface area contributed by atoms with Gasteiger partial charge >= 0.3 is 0 Å². The summed E-state index contributed by atoms with van der Waals surface area (Å²) in [7, 11) is 0. The number of thiophene rings is 1. The Labute approximate surface area is 303 Å². The van der Waals surface area contributed by atoms with Gasteiger partial charge in [-0.1, -0.05) is 6.08 Å². The van der Waals surface area contributed by atoms with Gasteiger partial charge in [0.05, 0.1) is 23.9 Å². The standard InChI is InChI=1S/C37H40N8O4S2/c1-23(2)49-31-10-6-26(20-38-31)35-28-19-27(7-8-29(28)40-41-35)39-36(48)37(50-4)15-18-43(22-37)21-33(47)44-16-13-25(14-17-44)30-9-12-34(51-30)45-32(46)11-5-24(3)42-45/h5-13,19-20,23H,14-18,21-22H2,1-4H3,(H,39,48)(H,40,41). The first-order valence-electron chi connectivity index (χ1n) is 17.0. The third kappa shape index (κ3) is 7.34. The van der Waals surface area contributed by atoms with Gasteiger partial charge in [0.2, 0.25) is 17.7 Å². The number of H-pyrrole nitrogens is 1. The van der Waals surface area contributed by atoms with E-state index in [0.29, 0.717) is 44.2 Å². The fourth-order valence-electron chi connectivity index (χ4n) is 6.51. The van der Waals surface area contributed by atoms with E-state index in [1.807, 2.05) is 74.4 Å². The molecule has 0 bridgehead atoms. The quantitative estimate of drug-likeness (QED) is 0.194. The second-order valence-corrected chi connectivity index (χ2v) is 15.4. The lowest BCUT2D eigenvalue weighted by molar-refractivity contribution is -0.132. The Bertz CT molecular complexity index is 2170. The number of nitrogens with zero attached hydrogens (tertiary/aromatic N) is 6. The Morgan fingerprint density at radius 1 is 1.12 bits per heavy atom. The predicted molar refractivity (Wildman–Crippen MR) is 203 cm³/mol. The highest BCUT2D eigenvalue weighted by molar-refractivity contribution is 8.00. The minimum absolute atomic E-state index is 0.0320. The summed E-state index contributed by atoms with van der Waals surface area (Å²) < 4.78 is 6.44. The molecule has 7 rings (SSSR count). The molecular weight excluding hydrogens is 685 g/mol. The molecule has 2 N–H and O–H groups in total. The van der Waals surface area contributed by atoms with Crippen molar-refractivity contribution in [2.24, 2.45) is 0 Å². The van der Waals surface area contributed by atoms with E-state index in [1.165, 1.54) is 39.4 Å². The summed E-state index contributed by atoms with van der Waals surface area (Å²) in [5.74, 6) is 0.537. The van der Waals surface area contributed by atoms with Gasteiger partial charge in [-0.25, -0.2) is 4.98 Å². The molecule has 1 aromatic carbocycles. The van der Waals surface area contributed by atoms with Crippen molar-refractivity contribution in [1.29, 1.82) is 0 Å². The van der Waals surface area contributed by atoms with Crippen molar-refractivity contribution in [2.45, 2.75) is 44.5 Å². The number of amides is 2. The van der Waals surface area contributed by atoms with E-state index in [4.69, 9.17) is 4.74 Å². The van der Waals surface area contributed by atoms with Crippen LogP contribution in [0.15, 0.2) is 71.7 Å². The number of aromatic nitrogens is 5. The molecule has 1 atom stereocenters. The molecule has 264 valence electrons. The maximum absolute atomic E-state index is 13.8. The van der Waals surface area contributed by atoms with Crippen LogP contribution in [-0.4, -0.2) is 96.4 Å². The van der Waals surface area contributed by atoms with E-state index in [0.717, 1.165) is 44.2 Å². The molecule has 14 heteroatoms. The van der Waals surface area contributed by atoms with E-state index < -0.39 is 4.75 Å². The number of hydrogen-bond acceptors (Lipinski definition) is 10. The highest BCUT2D eigenvalue weighted by Gasteiger charge is 2.44. The SMILES string of the molecule is CSC1(C(=O)Nc2ccc3[nH]nc(-c4ccc(OC(C)C)nc4)c3c2)CCN(CC(=O)N2CC=C(c3ccc(-n4nc(C)ccc4=O)s3)CC2)C1. The highest BCUT2D eigenvalue weighted by Crippen LogP contribution is 2.36. The zero-order chi connectivity index (χ0) is 35.7. The van der Waals surface area contributed by atoms with Crippen LogP contribution in [0, 0.1) is 6.92 Å². The molecule has 5 aromatic rings. The van der Waals surface area contributed by atoms with Gasteiger partial charge in [-0.15, -0.1) is 23.1 Å². The van der Waals surface area contributed by atoms with Gasteiger partial charge in [0, 0.05) is 66.0 Å². The first kappa shape index (κ1) is 34.6. The van der Waals surface area contributed by atoms with Gasteiger partial charge in [-0.05, 0) is 87.9 Å². The largest absolute Gasteiger partial charge is 0.475 e. The van der Waals surface area contributed by atoms with Crippen molar-refractivity contribution in [2.75, 3.05) is 44.3 Å². The van der Waals surface area contributed by atoms with Crippen LogP contribution in [0.1, 0.15) is 37.3 Å². The van der Waals surface area contributed by atoms with Crippen LogP contribution >= 0.6 is 23.1 Å². The summed E-state index contributed by atoms with van der Waals surface area (Å²) in [6.45, 7) is 8.33. The molecule has 0 radical (unpaired) electrons. The Hall–Kier alpha value is -4.79. The molecule has 6 heterocycles. The second-order valence-electron chi connectivity index (χ2n) is 13.2. The third-order valence-electron chi connectivity index (χ3n) is 9.27. The van der Waals surface area contributed by atoms with Crippen molar-refractivity contribution >= 4 is 57.1 Å². The van der Waals surface area contributed by atoms with Gasteiger partial charge in [0.15, 0.2) is 0 Å². The van der Waals surface area contributed by atoms with Gasteiger partial charge < -0.3 is 15.0 Å². The molecule has 0 aliphatic carbocycles. The smallest absolute Gasteiger partial charge is 0.272 e. The first-order valence-corrected chi connectivity index (χ1v) is 19.0. The number of fused-ring (bicyclic) bond motifs is 1. The number of likely N-dealkylation sites (tertiary alicyclic amines) is 1. The molecule has 2 amide bonds. The lowest BCUT2D eigenvalue weighted by atomic mass is 10.1. The van der Waals surface area contributed by atoms with Crippen molar-refractivity contribution in [1.82, 2.24) is 34.8 Å². The number of anilines is 1. The summed E-state index contributed by atoms with van der Waals surface area (Å²) >= 11 is 3.06. The molecule has 2 aliphatic heterocycles. The van der Waals surface area contributed by atoms with E-state index in [2.05, 4.69) is 36.6 Å². The van der Waals surface area contributed by atoms with Crippen LogP contribution in [0.5, 0.6) is 5.88 Å². The van der Waals surface area contributed by atoms with Crippen LogP contribution in [-0.2, 0) is 9.59 Å². The molecule has 0 spiro atoms. The fraction of sp³-hybridized carbons (Fsp3) is 0.351. The zero-order valence-corrected chi connectivity index (χ0v) is 30.6. The number of carbonyl (C=O) groups excluding carboxylic acids is 2. The average molecular weight is 725 g/mol. The summed E-state index contributed by atoms with van der Waals surface area (Å²) in [6.07, 6.45) is 7.21. The summed E-state index contributed by atoms with van der Waals surface area (Å²) in [5.41, 5.74) is 4.90. The molecule has 12 nitrogen and oxygen atoms in total. The van der Waals surface area contributed by atoms with Crippen LogP contribution in [0.4, 0.5) is 5.69 Å². The van der Waals surface area contributed by atoms with Crippen LogP contribution in [0.25, 0.3) is 32.7 Å². The number of rotatable bonds is 10. The molecule has 2 aliphatic rings. The predicted octanol–water partition coefficient (Wildman–Crippen LogP) is 5.39. The lowest BCUT2D eigenvalue weighted by Gasteiger charge is -2.29. The minimum Gasteiger partial charge on any atom is -0.475 e. The number of thioether (sulfide) groups is 1. The molecule has 0 saturated carbocycles. The fourth-order valence-corrected chi connectivity index (χ4v) is 8.39. The van der Waals surface area contributed by atoms with Gasteiger partial charge in [0.1, 0.15) is 15.4 Å². The highest BCUT2D eigenvalue weighted by atomic mass is 32.2. The van der Waals surface area contributed by atoms with Gasteiger partial charge in [0.25, 0.3) is 5.56 Å². The summed E-state index contributed by atoms with van der Waals surface area (Å²) in [5, 5.41) is 16.8. The topological polar surface area (TPSA) is 138 Å². The molecule has 51 heavy (non-hydrogen) atoms. The number of benzene rings is 1. The minimum atomic E-state index is -0.676. The molecule has 1 fully saturated rings. The average Bonchev–Trinajstić information content (AvgIpc) is 3.89. The van der Waals surface area contributed by atoms with Gasteiger partial charge in [-0.3, -0.25) is 24.4 Å². The molecular formula is C37H40N8O4S2. The Morgan fingerprint density at radius 3 is 2.73 bits per heavy atom. The van der Waals surface area contributed by atoms with Crippen LogP contribution in [0.2, 0.25) is 0 Å². The van der Waals surface area contributed by atoms with Gasteiger partial charge in [-0.2, -0.15) is 14.9 Å². The first-order chi connectivity index (χ1) is 24.6. The van der Waals surface area contributed by atoms with Crippen molar-refractivity contribution in [3.05, 3.63) is 87.8 Å². The Balaban J connectivity index is 0.964. The number of pyridine rings is 1. The third-order valence-corrected chi connectivity index (χ3v) is 11.7. The zero-order valence-electron chi connectivity index (χ0n) is 29.0. The molecule has 4 aromatic heterocycles. The van der Waals surface area contributed by atoms with Crippen molar-refractivity contribution < 1.29 is 14.3 Å². The number of nitrogens with one attached hydrogen (secondary N) is 2. The summed E-state index contributed by atoms with van der Waals surface area (Å²) in [6, 6.07) is 16.7. The number of hydrogen-bond donors (Lipinski definition) is 2. The van der Waals surface area contributed by atoms with E-state index >= 15 is 0 Å². The normalized spacial score (nSPS) is 18.0. The van der Waals surface area contributed by atoms with Crippen molar-refractivity contribution in [3.63, 3.8) is 0 Å². The molecule has 1 unspecified atom stereocenters. The van der Waals surface area contributed by atoms with Crippen LogP contribution in [0.3, 0.4) is 0 Å². The monoisotopic (exact) mass is 724 g/mol. The number of aryl methyl sites for hydroxylation is 1. The van der Waals surface area contributed by atoms with E-state index in [9.17, 15) is 14.4 Å². The van der Waals surface area contributed by atoms with E-state index in [1.54, 1.807) is 12.3 Å². The molecule has 1 saturated heterocycles.